The molecule has 1 heterocycles. The number of hydrogen-bond donors (Lipinski definition) is 2. The molecule has 7 heteroatoms. The van der Waals surface area contributed by atoms with Crippen LogP contribution in [-0.2, 0) is 6.54 Å². The Morgan fingerprint density at radius 3 is 2.57 bits per heavy atom. The van der Waals surface area contributed by atoms with E-state index in [4.69, 9.17) is 4.52 Å². The van der Waals surface area contributed by atoms with Gasteiger partial charge in [-0.05, 0) is 31.6 Å². The van der Waals surface area contributed by atoms with Gasteiger partial charge in [-0.25, -0.2) is 0 Å². The van der Waals surface area contributed by atoms with Crippen molar-refractivity contribution in [3.05, 3.63) is 11.7 Å². The molecule has 0 bridgehead atoms. The third-order valence-electron chi connectivity index (χ3n) is 4.25. The van der Waals surface area contributed by atoms with Gasteiger partial charge in [-0.1, -0.05) is 24.9 Å². The Balaban J connectivity index is 0.00000220. The Labute approximate surface area is 143 Å². The van der Waals surface area contributed by atoms with E-state index in [-0.39, 0.29) is 24.0 Å². The maximum absolute atomic E-state index is 5.07. The van der Waals surface area contributed by atoms with Crippen molar-refractivity contribution >= 4 is 29.9 Å². The highest BCUT2D eigenvalue weighted by molar-refractivity contribution is 14.0. The van der Waals surface area contributed by atoms with Crippen molar-refractivity contribution < 1.29 is 4.52 Å². The van der Waals surface area contributed by atoms with E-state index >= 15 is 0 Å². The zero-order chi connectivity index (χ0) is 14.4. The predicted molar refractivity (Wildman–Crippen MR) is 93.8 cm³/mol. The van der Waals surface area contributed by atoms with Crippen molar-refractivity contribution in [2.24, 2.45) is 10.4 Å². The smallest absolute Gasteiger partial charge is 0.246 e. The molecule has 0 atom stereocenters. The molecule has 0 radical (unpaired) electrons. The summed E-state index contributed by atoms with van der Waals surface area (Å²) in [5.74, 6) is 2.03. The number of rotatable bonds is 5. The van der Waals surface area contributed by atoms with Crippen molar-refractivity contribution in [1.29, 1.82) is 0 Å². The molecule has 0 aromatic carbocycles. The van der Waals surface area contributed by atoms with Crippen LogP contribution in [-0.4, -0.2) is 29.7 Å². The van der Waals surface area contributed by atoms with E-state index in [1.54, 1.807) is 7.05 Å². The molecule has 0 spiro atoms. The van der Waals surface area contributed by atoms with Crippen LogP contribution in [0, 0.1) is 12.3 Å². The topological polar surface area (TPSA) is 75.3 Å². The molecule has 1 fully saturated rings. The largest absolute Gasteiger partial charge is 0.356 e. The molecule has 0 aliphatic heterocycles. The van der Waals surface area contributed by atoms with Crippen LogP contribution >= 0.6 is 24.0 Å². The zero-order valence-electron chi connectivity index (χ0n) is 13.1. The Bertz CT molecular complexity index is 454. The number of hydrogen-bond acceptors (Lipinski definition) is 4. The van der Waals surface area contributed by atoms with Crippen molar-refractivity contribution in [3.8, 4) is 0 Å². The molecule has 1 aromatic heterocycles. The summed E-state index contributed by atoms with van der Waals surface area (Å²) in [6.45, 7) is 5.57. The molecule has 120 valence electrons. The van der Waals surface area contributed by atoms with Gasteiger partial charge in [-0.2, -0.15) is 4.98 Å². The Morgan fingerprint density at radius 1 is 1.33 bits per heavy atom. The van der Waals surface area contributed by atoms with Crippen molar-refractivity contribution in [3.63, 3.8) is 0 Å². The average molecular weight is 407 g/mol. The highest BCUT2D eigenvalue weighted by Gasteiger charge is 2.31. The molecule has 2 rings (SSSR count). The van der Waals surface area contributed by atoms with Gasteiger partial charge in [0.05, 0.1) is 6.54 Å². The third kappa shape index (κ3) is 5.12. The van der Waals surface area contributed by atoms with Crippen molar-refractivity contribution in [1.82, 2.24) is 20.8 Å². The molecular weight excluding hydrogens is 381 g/mol. The fourth-order valence-electron chi connectivity index (χ4n) is 2.84. The van der Waals surface area contributed by atoms with Crippen LogP contribution in [0.4, 0.5) is 0 Å². The molecule has 6 nitrogen and oxygen atoms in total. The van der Waals surface area contributed by atoms with E-state index in [9.17, 15) is 0 Å². The standard InChI is InChI=1S/C14H25N5O.HI/c1-4-14(7-5-6-8-14)10-17-13(15-3)16-9-12-18-11(2)19-20-12;/h4-10H2,1-3H3,(H2,15,16,17);1H. The Morgan fingerprint density at radius 2 is 2.05 bits per heavy atom. The van der Waals surface area contributed by atoms with Gasteiger partial charge in [-0.15, -0.1) is 24.0 Å². The SMILES string of the molecule is CCC1(CNC(=NC)NCc2nc(C)no2)CCCC1.I. The van der Waals surface area contributed by atoms with E-state index in [2.05, 4.69) is 32.7 Å². The van der Waals surface area contributed by atoms with Gasteiger partial charge in [0.1, 0.15) is 0 Å². The lowest BCUT2D eigenvalue weighted by molar-refractivity contribution is 0.283. The second-order valence-electron chi connectivity index (χ2n) is 5.58. The van der Waals surface area contributed by atoms with Crippen LogP contribution in [0.5, 0.6) is 0 Å². The normalized spacial score (nSPS) is 17.4. The monoisotopic (exact) mass is 407 g/mol. The summed E-state index contributed by atoms with van der Waals surface area (Å²) in [6.07, 6.45) is 6.55. The molecule has 0 unspecified atom stereocenters. The predicted octanol–water partition coefficient (Wildman–Crippen LogP) is 2.63. The van der Waals surface area contributed by atoms with Gasteiger partial charge in [0.2, 0.25) is 5.89 Å². The number of nitrogens with zero attached hydrogens (tertiary/aromatic N) is 3. The van der Waals surface area contributed by atoms with E-state index < -0.39 is 0 Å². The number of guanidine groups is 1. The zero-order valence-corrected chi connectivity index (χ0v) is 15.4. The number of aliphatic imine (C=N–C) groups is 1. The molecule has 0 amide bonds. The maximum atomic E-state index is 5.07. The minimum atomic E-state index is 0. The lowest BCUT2D eigenvalue weighted by Crippen LogP contribution is -2.42. The first-order valence-corrected chi connectivity index (χ1v) is 7.41. The summed E-state index contributed by atoms with van der Waals surface area (Å²) < 4.78 is 5.07. The van der Waals surface area contributed by atoms with Crippen LogP contribution in [0.1, 0.15) is 50.7 Å². The molecule has 21 heavy (non-hydrogen) atoms. The van der Waals surface area contributed by atoms with E-state index in [0.29, 0.717) is 23.7 Å². The van der Waals surface area contributed by atoms with Gasteiger partial charge >= 0.3 is 0 Å². The van der Waals surface area contributed by atoms with Gasteiger partial charge in [0, 0.05) is 13.6 Å². The lowest BCUT2D eigenvalue weighted by atomic mass is 9.83. The van der Waals surface area contributed by atoms with Crippen LogP contribution < -0.4 is 10.6 Å². The van der Waals surface area contributed by atoms with Crippen molar-refractivity contribution in [2.45, 2.75) is 52.5 Å². The van der Waals surface area contributed by atoms with Crippen molar-refractivity contribution in [2.75, 3.05) is 13.6 Å². The van der Waals surface area contributed by atoms with E-state index in [1.807, 2.05) is 6.92 Å². The fraction of sp³-hybridized carbons (Fsp3) is 0.786. The molecule has 0 saturated heterocycles. The first-order valence-electron chi connectivity index (χ1n) is 7.41. The van der Waals surface area contributed by atoms with Gasteiger partial charge in [-0.3, -0.25) is 4.99 Å². The van der Waals surface area contributed by atoms with Crippen LogP contribution in [0.25, 0.3) is 0 Å². The average Bonchev–Trinajstić information content (AvgIpc) is 3.09. The summed E-state index contributed by atoms with van der Waals surface area (Å²) in [6, 6.07) is 0. The minimum absolute atomic E-state index is 0. The molecule has 1 saturated carbocycles. The molecule has 1 aromatic rings. The summed E-state index contributed by atoms with van der Waals surface area (Å²) in [5.41, 5.74) is 0.443. The maximum Gasteiger partial charge on any atom is 0.246 e. The number of aromatic nitrogens is 2. The van der Waals surface area contributed by atoms with Crippen LogP contribution in [0.15, 0.2) is 9.52 Å². The molecular formula is C14H26IN5O. The van der Waals surface area contributed by atoms with E-state index in [1.165, 1.54) is 32.1 Å². The number of aryl methyl sites for hydroxylation is 1. The summed E-state index contributed by atoms with van der Waals surface area (Å²) >= 11 is 0. The second kappa shape index (κ2) is 8.55. The molecule has 1 aliphatic carbocycles. The summed E-state index contributed by atoms with van der Waals surface area (Å²) in [5, 5.41) is 10.4. The first kappa shape index (κ1) is 18.2. The Hall–Kier alpha value is -0.860. The highest BCUT2D eigenvalue weighted by Crippen LogP contribution is 2.40. The van der Waals surface area contributed by atoms with Gasteiger partial charge in [0.15, 0.2) is 11.8 Å². The molecule has 2 N–H and O–H groups in total. The van der Waals surface area contributed by atoms with Crippen LogP contribution in [0.3, 0.4) is 0 Å². The lowest BCUT2D eigenvalue weighted by Gasteiger charge is -2.28. The summed E-state index contributed by atoms with van der Waals surface area (Å²) in [4.78, 5) is 8.40. The van der Waals surface area contributed by atoms with Gasteiger partial charge < -0.3 is 15.2 Å². The molecule has 1 aliphatic rings. The first-order chi connectivity index (χ1) is 9.67. The quantitative estimate of drug-likeness (QED) is 0.446. The van der Waals surface area contributed by atoms with E-state index in [0.717, 1.165) is 12.5 Å². The third-order valence-corrected chi connectivity index (χ3v) is 4.25. The highest BCUT2D eigenvalue weighted by atomic mass is 127. The number of halogens is 1. The van der Waals surface area contributed by atoms with Gasteiger partial charge in [0.25, 0.3) is 0 Å². The number of nitrogens with one attached hydrogen (secondary N) is 2. The fourth-order valence-corrected chi connectivity index (χ4v) is 2.84. The summed E-state index contributed by atoms with van der Waals surface area (Å²) in [7, 11) is 1.78. The minimum Gasteiger partial charge on any atom is -0.356 e. The Kier molecular flexibility index (Phi) is 7.41. The second-order valence-corrected chi connectivity index (χ2v) is 5.58. The van der Waals surface area contributed by atoms with Crippen LogP contribution in [0.2, 0.25) is 0 Å².